The summed E-state index contributed by atoms with van der Waals surface area (Å²) in [6.07, 6.45) is 0. The highest BCUT2D eigenvalue weighted by Crippen LogP contribution is 2.38. The fourth-order valence-corrected chi connectivity index (χ4v) is 9.27. The van der Waals surface area contributed by atoms with Crippen molar-refractivity contribution in [2.75, 3.05) is 0 Å². The standard InChI is InChI=1S/C30H24P2.BF2/c1-5-15-25(16-6-1)31(26-17-7-2-8-18-26)29-23-13-14-24-30(29)32(27-19-9-3-10-20-27)28-21-11-4-12-22-28;2-1-3/h1-24H;. The highest BCUT2D eigenvalue weighted by molar-refractivity contribution is 7.85. The van der Waals surface area contributed by atoms with E-state index >= 15 is 0 Å². The van der Waals surface area contributed by atoms with E-state index in [9.17, 15) is 8.63 Å². The van der Waals surface area contributed by atoms with Crippen LogP contribution in [0.5, 0.6) is 0 Å². The molecule has 0 fully saturated rings. The van der Waals surface area contributed by atoms with E-state index in [1.54, 1.807) is 0 Å². The number of rotatable bonds is 6. The molecule has 0 aliphatic heterocycles. The van der Waals surface area contributed by atoms with E-state index in [0.717, 1.165) is 0 Å². The Labute approximate surface area is 209 Å². The predicted octanol–water partition coefficient (Wildman–Crippen LogP) is 5.66. The van der Waals surface area contributed by atoms with Gasteiger partial charge in [-0.05, 0) is 47.7 Å². The number of benzene rings is 5. The molecule has 0 aliphatic rings. The lowest BCUT2D eigenvalue weighted by atomic mass is 10.3. The van der Waals surface area contributed by atoms with Gasteiger partial charge in [-0.1, -0.05) is 146 Å². The van der Waals surface area contributed by atoms with E-state index in [-0.39, 0.29) is 0 Å². The van der Waals surface area contributed by atoms with Crippen LogP contribution in [0.25, 0.3) is 0 Å². The third-order valence-electron chi connectivity index (χ3n) is 5.42. The van der Waals surface area contributed by atoms with E-state index in [1.165, 1.54) is 31.8 Å². The van der Waals surface area contributed by atoms with Crippen LogP contribution >= 0.6 is 15.8 Å². The normalized spacial score (nSPS) is 10.5. The van der Waals surface area contributed by atoms with Gasteiger partial charge in [0.15, 0.2) is 0 Å². The minimum Gasteiger partial charge on any atom is -0.289 e. The molecule has 5 aromatic carbocycles. The van der Waals surface area contributed by atoms with Crippen LogP contribution in [0.3, 0.4) is 0 Å². The Hall–Kier alpha value is -3.12. The molecule has 0 spiro atoms. The smallest absolute Gasteiger partial charge is 0.289 e. The SMILES string of the molecule is F[B]F.c1ccc(P(c2ccccc2)c2ccccc2P(c2ccccc2)c2ccccc2)cc1. The molecule has 0 amide bonds. The minimum atomic E-state index is -1.00. The molecule has 0 saturated heterocycles. The lowest BCUT2D eigenvalue weighted by Gasteiger charge is -2.27. The van der Waals surface area contributed by atoms with Gasteiger partial charge in [0.05, 0.1) is 0 Å². The van der Waals surface area contributed by atoms with Crippen LogP contribution in [0.4, 0.5) is 8.63 Å². The molecule has 0 atom stereocenters. The van der Waals surface area contributed by atoms with Gasteiger partial charge in [0.1, 0.15) is 0 Å². The van der Waals surface area contributed by atoms with Crippen LogP contribution in [0.15, 0.2) is 146 Å². The van der Waals surface area contributed by atoms with Crippen molar-refractivity contribution in [3.8, 4) is 0 Å². The number of halogens is 2. The Morgan fingerprint density at radius 1 is 0.343 bits per heavy atom. The molecule has 0 aliphatic carbocycles. The van der Waals surface area contributed by atoms with Crippen molar-refractivity contribution in [1.29, 1.82) is 0 Å². The van der Waals surface area contributed by atoms with Crippen molar-refractivity contribution in [3.05, 3.63) is 146 Å². The van der Waals surface area contributed by atoms with Crippen molar-refractivity contribution in [2.24, 2.45) is 0 Å². The highest BCUT2D eigenvalue weighted by atomic mass is 31.1. The van der Waals surface area contributed by atoms with Gasteiger partial charge in [0, 0.05) is 0 Å². The third kappa shape index (κ3) is 6.31. The summed E-state index contributed by atoms with van der Waals surface area (Å²) < 4.78 is 19.0. The molecule has 5 rings (SSSR count). The van der Waals surface area contributed by atoms with E-state index in [4.69, 9.17) is 0 Å². The second-order valence-electron chi connectivity index (χ2n) is 7.58. The minimum absolute atomic E-state index is 0.664. The molecule has 1 radical (unpaired) electrons. The predicted molar refractivity (Wildman–Crippen MR) is 152 cm³/mol. The van der Waals surface area contributed by atoms with Crippen LogP contribution in [-0.4, -0.2) is 7.83 Å². The van der Waals surface area contributed by atoms with Gasteiger partial charge < -0.3 is 0 Å². The topological polar surface area (TPSA) is 0 Å². The van der Waals surface area contributed by atoms with Crippen molar-refractivity contribution >= 4 is 55.5 Å². The largest absolute Gasteiger partial charge is 0.577 e. The molecule has 0 unspecified atom stereocenters. The Balaban J connectivity index is 0.000000917. The fraction of sp³-hybridized carbons (Fsp3) is 0. The Bertz CT molecular complexity index is 1110. The quantitative estimate of drug-likeness (QED) is 0.211. The van der Waals surface area contributed by atoms with Crippen LogP contribution in [-0.2, 0) is 0 Å². The average molecular weight is 495 g/mol. The molecule has 5 heteroatoms. The zero-order valence-corrected chi connectivity index (χ0v) is 20.9. The third-order valence-corrected chi connectivity index (χ3v) is 10.6. The van der Waals surface area contributed by atoms with Gasteiger partial charge in [-0.15, -0.1) is 0 Å². The lowest BCUT2D eigenvalue weighted by Crippen LogP contribution is -2.34. The summed E-state index contributed by atoms with van der Waals surface area (Å²) in [5, 5.41) is 8.43. The summed E-state index contributed by atoms with van der Waals surface area (Å²) in [6.45, 7) is 0. The van der Waals surface area contributed by atoms with Crippen LogP contribution < -0.4 is 31.8 Å². The zero-order valence-electron chi connectivity index (χ0n) is 19.1. The molecule has 0 nitrogen and oxygen atoms in total. The Morgan fingerprint density at radius 3 is 0.771 bits per heavy atom. The summed E-state index contributed by atoms with van der Waals surface area (Å²) in [7, 11) is -2.33. The maximum Gasteiger partial charge on any atom is 0.577 e. The number of hydrogen-bond acceptors (Lipinski definition) is 0. The summed E-state index contributed by atoms with van der Waals surface area (Å²) in [6, 6.07) is 53.0. The first-order valence-electron chi connectivity index (χ1n) is 11.2. The van der Waals surface area contributed by atoms with Crippen molar-refractivity contribution in [3.63, 3.8) is 0 Å². The van der Waals surface area contributed by atoms with Crippen molar-refractivity contribution in [1.82, 2.24) is 0 Å². The van der Waals surface area contributed by atoms with E-state index in [1.807, 2.05) is 0 Å². The maximum absolute atomic E-state index is 9.50. The molecule has 5 aromatic rings. The molecule has 171 valence electrons. The zero-order chi connectivity index (χ0) is 24.3. The van der Waals surface area contributed by atoms with Gasteiger partial charge in [-0.2, -0.15) is 0 Å². The maximum atomic E-state index is 9.50. The molecule has 35 heavy (non-hydrogen) atoms. The van der Waals surface area contributed by atoms with Crippen molar-refractivity contribution < 1.29 is 8.63 Å². The van der Waals surface area contributed by atoms with Gasteiger partial charge in [0.2, 0.25) is 0 Å². The monoisotopic (exact) mass is 495 g/mol. The second kappa shape index (κ2) is 13.1. The Kier molecular flexibility index (Phi) is 9.36. The van der Waals surface area contributed by atoms with E-state index in [0.29, 0.717) is 0 Å². The second-order valence-corrected chi connectivity index (χ2v) is 12.0. The van der Waals surface area contributed by atoms with E-state index in [2.05, 4.69) is 146 Å². The van der Waals surface area contributed by atoms with Gasteiger partial charge in [-0.25, -0.2) is 0 Å². The molecular formula is C30H24BF2P2. The first kappa shape index (κ1) is 25.0. The first-order valence-corrected chi connectivity index (χ1v) is 13.9. The van der Waals surface area contributed by atoms with Crippen LogP contribution in [0.2, 0.25) is 0 Å². The highest BCUT2D eigenvalue weighted by Gasteiger charge is 2.25. The summed E-state index contributed by atoms with van der Waals surface area (Å²) >= 11 is 0. The summed E-state index contributed by atoms with van der Waals surface area (Å²) in [5.74, 6) is 0. The van der Waals surface area contributed by atoms with Crippen LogP contribution in [0.1, 0.15) is 0 Å². The molecular weight excluding hydrogens is 471 g/mol. The van der Waals surface area contributed by atoms with Crippen molar-refractivity contribution in [2.45, 2.75) is 0 Å². The Morgan fingerprint density at radius 2 is 0.543 bits per heavy atom. The first-order chi connectivity index (χ1) is 17.3. The summed E-state index contributed by atoms with van der Waals surface area (Å²) in [5.41, 5.74) is 0. The lowest BCUT2D eigenvalue weighted by molar-refractivity contribution is 0.712. The molecule has 0 aromatic heterocycles. The fourth-order valence-electron chi connectivity index (χ4n) is 4.01. The molecule has 0 saturated carbocycles. The summed E-state index contributed by atoms with van der Waals surface area (Å²) in [4.78, 5) is 0. The molecule has 0 N–H and O–H groups in total. The average Bonchev–Trinajstić information content (AvgIpc) is 2.93. The molecule has 0 bridgehead atoms. The van der Waals surface area contributed by atoms with Gasteiger partial charge >= 0.3 is 7.83 Å². The van der Waals surface area contributed by atoms with Crippen LogP contribution in [0, 0.1) is 0 Å². The molecule has 0 heterocycles. The number of hydrogen-bond donors (Lipinski definition) is 0. The van der Waals surface area contributed by atoms with Gasteiger partial charge in [0.25, 0.3) is 0 Å². The van der Waals surface area contributed by atoms with Gasteiger partial charge in [-0.3, -0.25) is 8.63 Å². The van der Waals surface area contributed by atoms with E-state index < -0.39 is 23.7 Å².